The number of alkyl halides is 3. The lowest BCUT2D eigenvalue weighted by Gasteiger charge is -2.35. The average Bonchev–Trinajstić information content (AvgIpc) is 2.67. The van der Waals surface area contributed by atoms with Crippen molar-refractivity contribution < 1.29 is 22.8 Å². The predicted molar refractivity (Wildman–Crippen MR) is 105 cm³/mol. The van der Waals surface area contributed by atoms with Gasteiger partial charge in [0.1, 0.15) is 0 Å². The molecule has 9 heteroatoms. The van der Waals surface area contributed by atoms with E-state index in [0.29, 0.717) is 38.8 Å². The normalized spacial score (nSPS) is 16.7. The van der Waals surface area contributed by atoms with Crippen LogP contribution in [0.2, 0.25) is 0 Å². The van der Waals surface area contributed by atoms with E-state index in [1.54, 1.807) is 4.90 Å². The molecular weight excluding hydrogens is 385 g/mol. The van der Waals surface area contributed by atoms with Gasteiger partial charge in [0.15, 0.2) is 0 Å². The lowest BCUT2D eigenvalue weighted by molar-refractivity contribution is -0.137. The second-order valence-electron chi connectivity index (χ2n) is 7.42. The van der Waals surface area contributed by atoms with Crippen LogP contribution in [0.3, 0.4) is 0 Å². The molecule has 1 aliphatic heterocycles. The third kappa shape index (κ3) is 6.71. The first-order valence-electron chi connectivity index (χ1n) is 9.78. The molecule has 0 bridgehead atoms. The first-order chi connectivity index (χ1) is 13.6. The van der Waals surface area contributed by atoms with Crippen LogP contribution in [0.5, 0.6) is 0 Å². The lowest BCUT2D eigenvalue weighted by atomic mass is 10.1. The molecule has 1 heterocycles. The van der Waals surface area contributed by atoms with E-state index < -0.39 is 17.6 Å². The smallest absolute Gasteiger partial charge is 0.339 e. The van der Waals surface area contributed by atoms with Gasteiger partial charge >= 0.3 is 6.18 Å². The number of likely N-dealkylation sites (N-methyl/N-ethyl adjacent to an activating group) is 1. The highest BCUT2D eigenvalue weighted by Gasteiger charge is 2.33. The molecule has 162 valence electrons. The van der Waals surface area contributed by atoms with E-state index >= 15 is 0 Å². The van der Waals surface area contributed by atoms with E-state index in [-0.39, 0.29) is 18.1 Å². The lowest BCUT2D eigenvalue weighted by Crippen LogP contribution is -2.52. The number of hydrogen-bond donors (Lipinski definition) is 1. The zero-order valence-corrected chi connectivity index (χ0v) is 17.1. The number of carbonyl (C=O) groups is 2. The summed E-state index contributed by atoms with van der Waals surface area (Å²) in [6.45, 7) is 6.49. The van der Waals surface area contributed by atoms with Gasteiger partial charge in [0.05, 0.1) is 24.3 Å². The van der Waals surface area contributed by atoms with Crippen LogP contribution in [0.25, 0.3) is 0 Å². The second kappa shape index (κ2) is 10.1. The van der Waals surface area contributed by atoms with E-state index in [0.717, 1.165) is 12.5 Å². The highest BCUT2D eigenvalue weighted by Crippen LogP contribution is 2.34. The zero-order chi connectivity index (χ0) is 21.6. The summed E-state index contributed by atoms with van der Waals surface area (Å²) in [5, 5.41) is 2.36. The highest BCUT2D eigenvalue weighted by molar-refractivity contribution is 5.93. The van der Waals surface area contributed by atoms with Crippen molar-refractivity contribution in [2.45, 2.75) is 32.5 Å². The van der Waals surface area contributed by atoms with Gasteiger partial charge in [0.2, 0.25) is 11.8 Å². The van der Waals surface area contributed by atoms with Gasteiger partial charge in [-0.1, -0.05) is 19.1 Å². The standard InChI is InChI=1S/C20H29F3N4O2/c1-4-15(2)25(3)14-19(29)27-11-9-26(10-12-27)13-18(28)24-17-8-6-5-7-16(17)20(21,22)23/h5-8,15H,4,9-14H2,1-3H3,(H,24,28). The predicted octanol–water partition coefficient (Wildman–Crippen LogP) is 2.52. The maximum absolute atomic E-state index is 13.0. The van der Waals surface area contributed by atoms with Gasteiger partial charge in [-0.2, -0.15) is 13.2 Å². The van der Waals surface area contributed by atoms with Gasteiger partial charge in [0, 0.05) is 32.2 Å². The number of nitrogens with one attached hydrogen (secondary N) is 1. The molecule has 0 aliphatic carbocycles. The van der Waals surface area contributed by atoms with Crippen molar-refractivity contribution in [1.82, 2.24) is 14.7 Å². The molecule has 0 radical (unpaired) electrons. The number of hydrogen-bond acceptors (Lipinski definition) is 4. The molecule has 0 saturated carbocycles. The Bertz CT molecular complexity index is 703. The Morgan fingerprint density at radius 2 is 1.79 bits per heavy atom. The summed E-state index contributed by atoms with van der Waals surface area (Å²) in [6.07, 6.45) is -3.57. The van der Waals surface area contributed by atoms with Crippen LogP contribution in [-0.2, 0) is 15.8 Å². The number of carbonyl (C=O) groups excluding carboxylic acids is 2. The molecule has 2 amide bonds. The quantitative estimate of drug-likeness (QED) is 0.745. The Kier molecular flexibility index (Phi) is 8.04. The van der Waals surface area contributed by atoms with Gasteiger partial charge in [-0.3, -0.25) is 19.4 Å². The molecule has 29 heavy (non-hydrogen) atoms. The minimum absolute atomic E-state index is 0.0129. The SMILES string of the molecule is CCC(C)N(C)CC(=O)N1CCN(CC(=O)Nc2ccccc2C(F)(F)F)CC1. The van der Waals surface area contributed by atoms with Crippen molar-refractivity contribution in [2.75, 3.05) is 51.6 Å². The number of anilines is 1. The summed E-state index contributed by atoms with van der Waals surface area (Å²) in [6, 6.07) is 5.24. The number of amides is 2. The molecule has 0 aromatic heterocycles. The van der Waals surface area contributed by atoms with Crippen LogP contribution < -0.4 is 5.32 Å². The molecule has 2 rings (SSSR count). The highest BCUT2D eigenvalue weighted by atomic mass is 19.4. The van der Waals surface area contributed by atoms with Gasteiger partial charge < -0.3 is 10.2 Å². The molecule has 1 N–H and O–H groups in total. The fourth-order valence-corrected chi connectivity index (χ4v) is 3.17. The van der Waals surface area contributed by atoms with Gasteiger partial charge in [0.25, 0.3) is 0 Å². The van der Waals surface area contributed by atoms with E-state index in [4.69, 9.17) is 0 Å². The number of halogens is 3. The van der Waals surface area contributed by atoms with Crippen LogP contribution in [0.1, 0.15) is 25.8 Å². The number of benzene rings is 1. The van der Waals surface area contributed by atoms with E-state index in [9.17, 15) is 22.8 Å². The van der Waals surface area contributed by atoms with Crippen molar-refractivity contribution in [1.29, 1.82) is 0 Å². The minimum atomic E-state index is -4.53. The first-order valence-corrected chi connectivity index (χ1v) is 9.78. The third-order valence-corrected chi connectivity index (χ3v) is 5.33. The fraction of sp³-hybridized carbons (Fsp3) is 0.600. The van der Waals surface area contributed by atoms with Crippen molar-refractivity contribution >= 4 is 17.5 Å². The molecule has 6 nitrogen and oxygen atoms in total. The Hall–Kier alpha value is -2.13. The maximum atomic E-state index is 13.0. The van der Waals surface area contributed by atoms with Crippen LogP contribution in [-0.4, -0.2) is 78.9 Å². The van der Waals surface area contributed by atoms with Crippen LogP contribution >= 0.6 is 0 Å². The summed E-state index contributed by atoms with van der Waals surface area (Å²) in [5.74, 6) is -0.450. The summed E-state index contributed by atoms with van der Waals surface area (Å²) in [4.78, 5) is 30.3. The van der Waals surface area contributed by atoms with E-state index in [2.05, 4.69) is 19.2 Å². The zero-order valence-electron chi connectivity index (χ0n) is 17.1. The summed E-state index contributed by atoms with van der Waals surface area (Å²) >= 11 is 0. The topological polar surface area (TPSA) is 55.9 Å². The summed E-state index contributed by atoms with van der Waals surface area (Å²) in [7, 11) is 1.92. The van der Waals surface area contributed by atoms with Crippen molar-refractivity contribution in [3.05, 3.63) is 29.8 Å². The maximum Gasteiger partial charge on any atom is 0.418 e. The Balaban J connectivity index is 1.83. The Labute approximate surface area is 169 Å². The molecule has 1 saturated heterocycles. The number of piperazine rings is 1. The Morgan fingerprint density at radius 3 is 2.38 bits per heavy atom. The minimum Gasteiger partial charge on any atom is -0.339 e. The van der Waals surface area contributed by atoms with E-state index in [1.807, 2.05) is 16.8 Å². The van der Waals surface area contributed by atoms with Gasteiger partial charge in [-0.05, 0) is 32.5 Å². The molecule has 1 atom stereocenters. The Morgan fingerprint density at radius 1 is 1.17 bits per heavy atom. The third-order valence-electron chi connectivity index (χ3n) is 5.33. The van der Waals surface area contributed by atoms with Crippen LogP contribution in [0.15, 0.2) is 24.3 Å². The second-order valence-corrected chi connectivity index (χ2v) is 7.42. The van der Waals surface area contributed by atoms with Crippen molar-refractivity contribution in [2.24, 2.45) is 0 Å². The molecule has 1 fully saturated rings. The molecular formula is C20H29F3N4O2. The van der Waals surface area contributed by atoms with E-state index in [1.165, 1.54) is 18.2 Å². The van der Waals surface area contributed by atoms with Crippen molar-refractivity contribution in [3.63, 3.8) is 0 Å². The molecule has 1 aliphatic rings. The summed E-state index contributed by atoms with van der Waals surface area (Å²) < 4.78 is 39.1. The molecule has 1 aromatic rings. The number of para-hydroxylation sites is 1. The largest absolute Gasteiger partial charge is 0.418 e. The first kappa shape index (κ1) is 23.2. The fourth-order valence-electron chi connectivity index (χ4n) is 3.17. The average molecular weight is 414 g/mol. The molecule has 0 spiro atoms. The number of rotatable bonds is 7. The van der Waals surface area contributed by atoms with Gasteiger partial charge in [-0.25, -0.2) is 0 Å². The monoisotopic (exact) mass is 414 g/mol. The number of nitrogens with zero attached hydrogens (tertiary/aromatic N) is 3. The molecule has 1 unspecified atom stereocenters. The van der Waals surface area contributed by atoms with Crippen LogP contribution in [0.4, 0.5) is 18.9 Å². The van der Waals surface area contributed by atoms with Gasteiger partial charge in [-0.15, -0.1) is 0 Å². The summed E-state index contributed by atoms with van der Waals surface area (Å²) in [5.41, 5.74) is -1.11. The molecule has 1 aromatic carbocycles. The van der Waals surface area contributed by atoms with Crippen molar-refractivity contribution in [3.8, 4) is 0 Å². The van der Waals surface area contributed by atoms with Crippen LogP contribution in [0, 0.1) is 0 Å².